The highest BCUT2D eigenvalue weighted by molar-refractivity contribution is 4.71. The molecule has 114 valence electrons. The average molecular weight is 271 g/mol. The molecule has 2 atom stereocenters. The molecule has 19 heavy (non-hydrogen) atoms. The monoisotopic (exact) mass is 271 g/mol. The van der Waals surface area contributed by atoms with Gasteiger partial charge < -0.3 is 15.2 Å². The first kappa shape index (κ1) is 16.9. The molecule has 0 aromatic rings. The first-order chi connectivity index (χ1) is 8.97. The van der Waals surface area contributed by atoms with Gasteiger partial charge in [-0.05, 0) is 50.9 Å². The maximum Gasteiger partial charge on any atom is 0.0897 e. The van der Waals surface area contributed by atoms with E-state index in [9.17, 15) is 5.11 Å². The lowest BCUT2D eigenvalue weighted by molar-refractivity contribution is -0.0283. The lowest BCUT2D eigenvalue weighted by atomic mass is 9.89. The first-order valence-electron chi connectivity index (χ1n) is 8.00. The fourth-order valence-electron chi connectivity index (χ4n) is 2.83. The minimum Gasteiger partial charge on any atom is -0.389 e. The van der Waals surface area contributed by atoms with Crippen molar-refractivity contribution in [1.82, 2.24) is 5.32 Å². The minimum atomic E-state index is -0.381. The zero-order valence-electron chi connectivity index (χ0n) is 13.2. The second-order valence-electron chi connectivity index (χ2n) is 6.81. The van der Waals surface area contributed by atoms with Crippen molar-refractivity contribution in [2.45, 2.75) is 78.0 Å². The highest BCUT2D eigenvalue weighted by Crippen LogP contribution is 2.25. The van der Waals surface area contributed by atoms with E-state index in [0.717, 1.165) is 25.2 Å². The standard InChI is InChI=1S/C16H33NO2/c1-12(2)9-14(4)17-10-15(18)11-19-16-7-5-13(3)6-8-16/h12-18H,5-11H2,1-4H3. The van der Waals surface area contributed by atoms with Crippen LogP contribution in [-0.4, -0.2) is 36.5 Å². The summed E-state index contributed by atoms with van der Waals surface area (Å²) in [5.41, 5.74) is 0. The van der Waals surface area contributed by atoms with E-state index >= 15 is 0 Å². The van der Waals surface area contributed by atoms with Crippen LogP contribution in [0.4, 0.5) is 0 Å². The van der Waals surface area contributed by atoms with Crippen LogP contribution < -0.4 is 5.32 Å². The second-order valence-corrected chi connectivity index (χ2v) is 6.81. The summed E-state index contributed by atoms with van der Waals surface area (Å²) in [6.07, 6.45) is 5.99. The number of hydrogen-bond acceptors (Lipinski definition) is 3. The van der Waals surface area contributed by atoms with Crippen LogP contribution in [0.5, 0.6) is 0 Å². The average Bonchev–Trinajstić information content (AvgIpc) is 2.35. The topological polar surface area (TPSA) is 41.5 Å². The van der Waals surface area contributed by atoms with Crippen molar-refractivity contribution in [3.8, 4) is 0 Å². The molecule has 0 aromatic heterocycles. The van der Waals surface area contributed by atoms with Gasteiger partial charge in [-0.15, -0.1) is 0 Å². The molecular weight excluding hydrogens is 238 g/mol. The number of ether oxygens (including phenoxy) is 1. The van der Waals surface area contributed by atoms with Gasteiger partial charge in [-0.25, -0.2) is 0 Å². The van der Waals surface area contributed by atoms with Gasteiger partial charge in [0, 0.05) is 12.6 Å². The molecule has 0 aromatic carbocycles. The molecule has 1 rings (SSSR count). The molecule has 1 saturated carbocycles. The van der Waals surface area contributed by atoms with Crippen LogP contribution in [-0.2, 0) is 4.74 Å². The molecule has 0 saturated heterocycles. The molecule has 0 spiro atoms. The number of nitrogens with one attached hydrogen (secondary N) is 1. The van der Waals surface area contributed by atoms with E-state index in [0.29, 0.717) is 31.2 Å². The van der Waals surface area contributed by atoms with E-state index < -0.39 is 0 Å². The Morgan fingerprint density at radius 1 is 1.16 bits per heavy atom. The summed E-state index contributed by atoms with van der Waals surface area (Å²) in [5.74, 6) is 1.54. The zero-order valence-corrected chi connectivity index (χ0v) is 13.2. The summed E-state index contributed by atoms with van der Waals surface area (Å²) in [5, 5.41) is 13.3. The second kappa shape index (κ2) is 8.93. The Balaban J connectivity index is 2.06. The van der Waals surface area contributed by atoms with Crippen molar-refractivity contribution in [3.05, 3.63) is 0 Å². The molecule has 2 unspecified atom stereocenters. The zero-order chi connectivity index (χ0) is 14.3. The number of aliphatic hydroxyl groups excluding tert-OH is 1. The Morgan fingerprint density at radius 2 is 1.79 bits per heavy atom. The van der Waals surface area contributed by atoms with Crippen LogP contribution in [0.25, 0.3) is 0 Å². The summed E-state index contributed by atoms with van der Waals surface area (Å²) in [6, 6.07) is 0.463. The SMILES string of the molecule is CC(C)CC(C)NCC(O)COC1CCC(C)CC1. The van der Waals surface area contributed by atoms with Gasteiger partial charge in [-0.3, -0.25) is 0 Å². The van der Waals surface area contributed by atoms with Gasteiger partial charge in [-0.2, -0.15) is 0 Å². The lowest BCUT2D eigenvalue weighted by Crippen LogP contribution is -2.37. The van der Waals surface area contributed by atoms with E-state index in [1.54, 1.807) is 0 Å². The third kappa shape index (κ3) is 7.91. The summed E-state index contributed by atoms with van der Waals surface area (Å²) in [4.78, 5) is 0. The Bertz CT molecular complexity index is 225. The summed E-state index contributed by atoms with van der Waals surface area (Å²) in [7, 11) is 0. The summed E-state index contributed by atoms with van der Waals surface area (Å²) in [6.45, 7) is 10.0. The molecule has 3 heteroatoms. The molecule has 0 amide bonds. The highest BCUT2D eigenvalue weighted by atomic mass is 16.5. The molecule has 1 fully saturated rings. The van der Waals surface area contributed by atoms with Crippen LogP contribution >= 0.6 is 0 Å². The van der Waals surface area contributed by atoms with Crippen molar-refractivity contribution < 1.29 is 9.84 Å². The fraction of sp³-hybridized carbons (Fsp3) is 1.00. The van der Waals surface area contributed by atoms with Crippen LogP contribution in [0.3, 0.4) is 0 Å². The molecular formula is C16H33NO2. The summed E-state index contributed by atoms with van der Waals surface area (Å²) >= 11 is 0. The van der Waals surface area contributed by atoms with Gasteiger partial charge in [-0.1, -0.05) is 20.8 Å². The lowest BCUT2D eigenvalue weighted by Gasteiger charge is -2.27. The largest absolute Gasteiger partial charge is 0.389 e. The molecule has 1 aliphatic rings. The third-order valence-electron chi connectivity index (χ3n) is 4.01. The quantitative estimate of drug-likeness (QED) is 0.713. The van der Waals surface area contributed by atoms with Gasteiger partial charge >= 0.3 is 0 Å². The Kier molecular flexibility index (Phi) is 7.96. The molecule has 1 aliphatic carbocycles. The van der Waals surface area contributed by atoms with E-state index in [4.69, 9.17) is 4.74 Å². The van der Waals surface area contributed by atoms with Crippen LogP contribution in [0.1, 0.15) is 59.8 Å². The Morgan fingerprint density at radius 3 is 2.37 bits per heavy atom. The third-order valence-corrected chi connectivity index (χ3v) is 4.01. The smallest absolute Gasteiger partial charge is 0.0897 e. The van der Waals surface area contributed by atoms with Crippen molar-refractivity contribution in [3.63, 3.8) is 0 Å². The van der Waals surface area contributed by atoms with Gasteiger partial charge in [0.25, 0.3) is 0 Å². The van der Waals surface area contributed by atoms with Crippen LogP contribution in [0, 0.1) is 11.8 Å². The van der Waals surface area contributed by atoms with Crippen molar-refractivity contribution in [2.75, 3.05) is 13.2 Å². The van der Waals surface area contributed by atoms with Gasteiger partial charge in [0.2, 0.25) is 0 Å². The van der Waals surface area contributed by atoms with E-state index in [1.165, 1.54) is 12.8 Å². The Hall–Kier alpha value is -0.120. The van der Waals surface area contributed by atoms with E-state index in [2.05, 4.69) is 33.0 Å². The van der Waals surface area contributed by atoms with Gasteiger partial charge in [0.1, 0.15) is 0 Å². The first-order valence-corrected chi connectivity index (χ1v) is 8.00. The molecule has 0 bridgehead atoms. The molecule has 0 radical (unpaired) electrons. The minimum absolute atomic E-state index is 0.374. The number of hydrogen-bond donors (Lipinski definition) is 2. The van der Waals surface area contributed by atoms with E-state index in [-0.39, 0.29) is 6.10 Å². The molecule has 0 heterocycles. The Labute approximate surface area is 119 Å². The van der Waals surface area contributed by atoms with Crippen LogP contribution in [0.15, 0.2) is 0 Å². The van der Waals surface area contributed by atoms with Gasteiger partial charge in [0.15, 0.2) is 0 Å². The summed E-state index contributed by atoms with van der Waals surface area (Å²) < 4.78 is 5.82. The van der Waals surface area contributed by atoms with Crippen molar-refractivity contribution >= 4 is 0 Å². The van der Waals surface area contributed by atoms with E-state index in [1.807, 2.05) is 0 Å². The number of aliphatic hydroxyl groups is 1. The fourth-order valence-corrected chi connectivity index (χ4v) is 2.83. The molecule has 0 aliphatic heterocycles. The van der Waals surface area contributed by atoms with Crippen molar-refractivity contribution in [2.24, 2.45) is 11.8 Å². The molecule has 2 N–H and O–H groups in total. The predicted molar refractivity (Wildman–Crippen MR) is 80.3 cm³/mol. The van der Waals surface area contributed by atoms with Crippen LogP contribution in [0.2, 0.25) is 0 Å². The predicted octanol–water partition coefficient (Wildman–Crippen LogP) is 2.97. The normalized spacial score (nSPS) is 27.5. The maximum absolute atomic E-state index is 9.93. The highest BCUT2D eigenvalue weighted by Gasteiger charge is 2.19. The maximum atomic E-state index is 9.93. The van der Waals surface area contributed by atoms with Crippen molar-refractivity contribution in [1.29, 1.82) is 0 Å². The van der Waals surface area contributed by atoms with Gasteiger partial charge in [0.05, 0.1) is 18.8 Å². The number of rotatable bonds is 8. The molecule has 3 nitrogen and oxygen atoms in total.